The van der Waals surface area contributed by atoms with Gasteiger partial charge in [-0.1, -0.05) is 32.3 Å². The highest BCUT2D eigenvalue weighted by atomic mass is 16.5. The molecule has 1 aliphatic heterocycles. The normalized spacial score (nSPS) is 17.4. The minimum absolute atomic E-state index is 0.00983. The first kappa shape index (κ1) is 17.3. The summed E-state index contributed by atoms with van der Waals surface area (Å²) in [5, 5.41) is 2.96. The zero-order valence-electron chi connectivity index (χ0n) is 14.0. The fourth-order valence-corrected chi connectivity index (χ4v) is 2.82. The zero-order valence-corrected chi connectivity index (χ0v) is 14.0. The Balaban J connectivity index is 1.87. The van der Waals surface area contributed by atoms with Gasteiger partial charge in [-0.05, 0) is 18.6 Å². The fraction of sp³-hybridized carbons (Fsp3) is 0.556. The number of amides is 2. The SMILES string of the molecule is CCCCCCNC(=O)[C@H]1CC(=O)N(c2cccc(OC)c2)C1. The van der Waals surface area contributed by atoms with Gasteiger partial charge < -0.3 is 15.0 Å². The average molecular weight is 318 g/mol. The molecule has 0 radical (unpaired) electrons. The van der Waals surface area contributed by atoms with Crippen molar-refractivity contribution in [3.05, 3.63) is 24.3 Å². The van der Waals surface area contributed by atoms with Crippen LogP contribution in [0.2, 0.25) is 0 Å². The third-order valence-corrected chi connectivity index (χ3v) is 4.19. The van der Waals surface area contributed by atoms with Crippen molar-refractivity contribution in [1.82, 2.24) is 5.32 Å². The quantitative estimate of drug-likeness (QED) is 0.750. The minimum Gasteiger partial charge on any atom is -0.497 e. The summed E-state index contributed by atoms with van der Waals surface area (Å²) in [6.07, 6.45) is 4.79. The van der Waals surface area contributed by atoms with Crippen molar-refractivity contribution in [3.63, 3.8) is 0 Å². The summed E-state index contributed by atoms with van der Waals surface area (Å²) < 4.78 is 5.19. The van der Waals surface area contributed by atoms with Crippen LogP contribution in [0.25, 0.3) is 0 Å². The molecule has 5 heteroatoms. The maximum absolute atomic E-state index is 12.2. The Labute approximate surface area is 138 Å². The van der Waals surface area contributed by atoms with Crippen LogP contribution in [0, 0.1) is 5.92 Å². The molecule has 0 bridgehead atoms. The van der Waals surface area contributed by atoms with Crippen molar-refractivity contribution in [3.8, 4) is 5.75 Å². The van der Waals surface area contributed by atoms with Gasteiger partial charge in [-0.25, -0.2) is 0 Å². The van der Waals surface area contributed by atoms with Crippen LogP contribution in [0.1, 0.15) is 39.0 Å². The van der Waals surface area contributed by atoms with Gasteiger partial charge in [0.1, 0.15) is 5.75 Å². The number of hydrogen-bond acceptors (Lipinski definition) is 3. The molecule has 1 fully saturated rings. The molecule has 1 atom stereocenters. The van der Waals surface area contributed by atoms with Gasteiger partial charge >= 0.3 is 0 Å². The van der Waals surface area contributed by atoms with Gasteiger partial charge in [0.15, 0.2) is 0 Å². The van der Waals surface area contributed by atoms with E-state index in [0.29, 0.717) is 18.8 Å². The number of methoxy groups -OCH3 is 1. The van der Waals surface area contributed by atoms with E-state index >= 15 is 0 Å². The first-order valence-electron chi connectivity index (χ1n) is 8.37. The highest BCUT2D eigenvalue weighted by Crippen LogP contribution is 2.27. The van der Waals surface area contributed by atoms with E-state index in [4.69, 9.17) is 4.74 Å². The van der Waals surface area contributed by atoms with Crippen LogP contribution in [-0.4, -0.2) is 32.0 Å². The number of benzene rings is 1. The molecule has 2 rings (SSSR count). The number of rotatable bonds is 8. The van der Waals surface area contributed by atoms with Crippen LogP contribution in [-0.2, 0) is 9.59 Å². The molecular weight excluding hydrogens is 292 g/mol. The third kappa shape index (κ3) is 4.71. The van der Waals surface area contributed by atoms with Gasteiger partial charge in [0.25, 0.3) is 0 Å². The topological polar surface area (TPSA) is 58.6 Å². The summed E-state index contributed by atoms with van der Waals surface area (Å²) in [5.74, 6) is 0.420. The van der Waals surface area contributed by atoms with Crippen LogP contribution in [0.3, 0.4) is 0 Å². The molecule has 2 amide bonds. The molecule has 0 aliphatic carbocycles. The lowest BCUT2D eigenvalue weighted by Gasteiger charge is -2.17. The van der Waals surface area contributed by atoms with Crippen molar-refractivity contribution >= 4 is 17.5 Å². The molecule has 1 N–H and O–H groups in total. The molecule has 0 spiro atoms. The molecule has 0 saturated carbocycles. The molecule has 1 aromatic rings. The fourth-order valence-electron chi connectivity index (χ4n) is 2.82. The molecule has 23 heavy (non-hydrogen) atoms. The van der Waals surface area contributed by atoms with Gasteiger partial charge in [0, 0.05) is 31.3 Å². The van der Waals surface area contributed by atoms with E-state index in [-0.39, 0.29) is 24.2 Å². The van der Waals surface area contributed by atoms with Crippen LogP contribution >= 0.6 is 0 Å². The van der Waals surface area contributed by atoms with Crippen LogP contribution in [0.4, 0.5) is 5.69 Å². The largest absolute Gasteiger partial charge is 0.497 e. The van der Waals surface area contributed by atoms with E-state index < -0.39 is 0 Å². The average Bonchev–Trinajstić information content (AvgIpc) is 2.96. The molecule has 1 aliphatic rings. The number of carbonyl (C=O) groups is 2. The molecule has 5 nitrogen and oxygen atoms in total. The second kappa shape index (κ2) is 8.56. The van der Waals surface area contributed by atoms with Crippen LogP contribution in [0.5, 0.6) is 5.75 Å². The Morgan fingerprint density at radius 1 is 1.35 bits per heavy atom. The van der Waals surface area contributed by atoms with Gasteiger partial charge in [0.2, 0.25) is 11.8 Å². The smallest absolute Gasteiger partial charge is 0.227 e. The number of unbranched alkanes of at least 4 members (excludes halogenated alkanes) is 3. The highest BCUT2D eigenvalue weighted by Gasteiger charge is 2.35. The summed E-state index contributed by atoms with van der Waals surface area (Å²) >= 11 is 0. The Hall–Kier alpha value is -2.04. The maximum atomic E-state index is 12.2. The second-order valence-corrected chi connectivity index (χ2v) is 5.96. The number of anilines is 1. The third-order valence-electron chi connectivity index (χ3n) is 4.19. The highest BCUT2D eigenvalue weighted by molar-refractivity contribution is 6.00. The Bertz CT molecular complexity index is 545. The predicted molar refractivity (Wildman–Crippen MR) is 90.6 cm³/mol. The summed E-state index contributed by atoms with van der Waals surface area (Å²) in [5.41, 5.74) is 0.785. The molecular formula is C18H26N2O3. The van der Waals surface area contributed by atoms with E-state index in [2.05, 4.69) is 12.2 Å². The van der Waals surface area contributed by atoms with Crippen molar-refractivity contribution < 1.29 is 14.3 Å². The maximum Gasteiger partial charge on any atom is 0.227 e. The summed E-state index contributed by atoms with van der Waals surface area (Å²) in [4.78, 5) is 26.1. The number of hydrogen-bond donors (Lipinski definition) is 1. The number of ether oxygens (including phenoxy) is 1. The second-order valence-electron chi connectivity index (χ2n) is 5.96. The molecule has 1 aromatic carbocycles. The van der Waals surface area contributed by atoms with Crippen molar-refractivity contribution in [1.29, 1.82) is 0 Å². The molecule has 1 saturated heterocycles. The van der Waals surface area contributed by atoms with Crippen LogP contribution in [0.15, 0.2) is 24.3 Å². The first-order valence-corrected chi connectivity index (χ1v) is 8.37. The Morgan fingerprint density at radius 2 is 2.17 bits per heavy atom. The Morgan fingerprint density at radius 3 is 2.91 bits per heavy atom. The summed E-state index contributed by atoms with van der Waals surface area (Å²) in [6, 6.07) is 7.38. The van der Waals surface area contributed by atoms with Crippen molar-refractivity contribution in [2.45, 2.75) is 39.0 Å². The molecule has 0 aromatic heterocycles. The monoisotopic (exact) mass is 318 g/mol. The predicted octanol–water partition coefficient (Wildman–Crippen LogP) is 2.74. The van der Waals surface area contributed by atoms with Gasteiger partial charge in [-0.2, -0.15) is 0 Å². The molecule has 0 unspecified atom stereocenters. The van der Waals surface area contributed by atoms with E-state index in [1.165, 1.54) is 12.8 Å². The van der Waals surface area contributed by atoms with E-state index in [1.54, 1.807) is 12.0 Å². The van der Waals surface area contributed by atoms with Crippen LogP contribution < -0.4 is 15.0 Å². The standard InChI is InChI=1S/C18H26N2O3/c1-3-4-5-6-10-19-18(22)14-11-17(21)20(13-14)15-8-7-9-16(12-15)23-2/h7-9,12,14H,3-6,10-11,13H2,1-2H3,(H,19,22)/t14-/m0/s1. The number of nitrogens with one attached hydrogen (secondary N) is 1. The van der Waals surface area contributed by atoms with E-state index in [0.717, 1.165) is 18.5 Å². The zero-order chi connectivity index (χ0) is 16.7. The number of carbonyl (C=O) groups excluding carboxylic acids is 2. The lowest BCUT2D eigenvalue weighted by molar-refractivity contribution is -0.126. The number of nitrogens with zero attached hydrogens (tertiary/aromatic N) is 1. The van der Waals surface area contributed by atoms with Gasteiger partial charge in [-0.15, -0.1) is 0 Å². The lowest BCUT2D eigenvalue weighted by atomic mass is 10.1. The van der Waals surface area contributed by atoms with E-state index in [9.17, 15) is 9.59 Å². The molecule has 126 valence electrons. The Kier molecular flexibility index (Phi) is 6.44. The van der Waals surface area contributed by atoms with Crippen molar-refractivity contribution in [2.24, 2.45) is 5.92 Å². The summed E-state index contributed by atoms with van der Waals surface area (Å²) in [6.45, 7) is 3.30. The first-order chi connectivity index (χ1) is 11.2. The van der Waals surface area contributed by atoms with E-state index in [1.807, 2.05) is 24.3 Å². The summed E-state index contributed by atoms with van der Waals surface area (Å²) in [7, 11) is 1.60. The van der Waals surface area contributed by atoms with Crippen molar-refractivity contribution in [2.75, 3.05) is 25.1 Å². The van der Waals surface area contributed by atoms with Gasteiger partial charge in [-0.3, -0.25) is 9.59 Å². The lowest BCUT2D eigenvalue weighted by Crippen LogP contribution is -2.33. The van der Waals surface area contributed by atoms with Gasteiger partial charge in [0.05, 0.1) is 13.0 Å². The minimum atomic E-state index is -0.264. The molecule has 1 heterocycles.